The van der Waals surface area contributed by atoms with Crippen molar-refractivity contribution >= 4 is 0 Å². The second-order valence-corrected chi connectivity index (χ2v) is 5.09. The summed E-state index contributed by atoms with van der Waals surface area (Å²) in [5, 5.41) is 7.44. The molecule has 3 rings (SSSR count). The minimum atomic E-state index is 0.627. The predicted molar refractivity (Wildman–Crippen MR) is 68.0 cm³/mol. The van der Waals surface area contributed by atoms with Crippen LogP contribution in [-0.4, -0.2) is 15.2 Å². The maximum Gasteiger partial charge on any atom is 0.181 e. The molecule has 1 aliphatic carbocycles. The third-order valence-corrected chi connectivity index (χ3v) is 3.37. The van der Waals surface area contributed by atoms with Crippen LogP contribution in [0.25, 0.3) is 11.4 Å². The maximum absolute atomic E-state index is 4.63. The van der Waals surface area contributed by atoms with E-state index in [1.54, 1.807) is 0 Å². The number of benzene rings is 1. The molecule has 17 heavy (non-hydrogen) atoms. The van der Waals surface area contributed by atoms with E-state index < -0.39 is 0 Å². The fourth-order valence-corrected chi connectivity index (χ4v) is 2.46. The van der Waals surface area contributed by atoms with E-state index in [0.29, 0.717) is 5.92 Å². The molecule has 1 aromatic heterocycles. The molecule has 0 atom stereocenters. The number of aryl methyl sites for hydroxylation is 3. The van der Waals surface area contributed by atoms with Crippen LogP contribution in [0.1, 0.15) is 41.3 Å². The van der Waals surface area contributed by atoms with Gasteiger partial charge in [0.05, 0.1) is 0 Å². The Morgan fingerprint density at radius 1 is 1.12 bits per heavy atom. The van der Waals surface area contributed by atoms with Gasteiger partial charge in [0.2, 0.25) is 0 Å². The molecule has 88 valence electrons. The Bertz CT molecular complexity index is 542. The van der Waals surface area contributed by atoms with E-state index in [9.17, 15) is 0 Å². The van der Waals surface area contributed by atoms with Gasteiger partial charge in [0.1, 0.15) is 5.82 Å². The van der Waals surface area contributed by atoms with Gasteiger partial charge in [-0.1, -0.05) is 17.7 Å². The minimum Gasteiger partial charge on any atom is -0.262 e. The fraction of sp³-hybridized carbons (Fsp3) is 0.429. The molecule has 1 aliphatic rings. The van der Waals surface area contributed by atoms with Crippen molar-refractivity contribution < 1.29 is 0 Å². The number of aromatic amines is 1. The van der Waals surface area contributed by atoms with Gasteiger partial charge in [0.15, 0.2) is 5.82 Å². The quantitative estimate of drug-likeness (QED) is 0.855. The molecule has 0 amide bonds. The molecule has 0 saturated heterocycles. The van der Waals surface area contributed by atoms with Gasteiger partial charge in [-0.15, -0.1) is 0 Å². The summed E-state index contributed by atoms with van der Waals surface area (Å²) >= 11 is 0. The van der Waals surface area contributed by atoms with Gasteiger partial charge in [0, 0.05) is 11.5 Å². The summed E-state index contributed by atoms with van der Waals surface area (Å²) in [6, 6.07) is 4.38. The monoisotopic (exact) mass is 227 g/mol. The van der Waals surface area contributed by atoms with E-state index in [4.69, 9.17) is 0 Å². The van der Waals surface area contributed by atoms with Gasteiger partial charge >= 0.3 is 0 Å². The Labute approximate surface area is 101 Å². The van der Waals surface area contributed by atoms with Gasteiger partial charge < -0.3 is 0 Å². The van der Waals surface area contributed by atoms with Crippen LogP contribution in [0.4, 0.5) is 0 Å². The molecular weight excluding hydrogens is 210 g/mol. The lowest BCUT2D eigenvalue weighted by atomic mass is 9.99. The van der Waals surface area contributed by atoms with Crippen LogP contribution in [0.15, 0.2) is 12.1 Å². The van der Waals surface area contributed by atoms with Crippen molar-refractivity contribution in [3.05, 3.63) is 34.6 Å². The summed E-state index contributed by atoms with van der Waals surface area (Å²) in [6.07, 6.45) is 2.50. The average molecular weight is 227 g/mol. The summed E-state index contributed by atoms with van der Waals surface area (Å²) < 4.78 is 0. The lowest BCUT2D eigenvalue weighted by molar-refractivity contribution is 0.935. The Kier molecular flexibility index (Phi) is 2.28. The molecule has 0 unspecified atom stereocenters. The van der Waals surface area contributed by atoms with Gasteiger partial charge in [-0.3, -0.25) is 5.10 Å². The van der Waals surface area contributed by atoms with E-state index in [0.717, 1.165) is 11.6 Å². The van der Waals surface area contributed by atoms with Crippen molar-refractivity contribution in [3.63, 3.8) is 0 Å². The average Bonchev–Trinajstić information content (AvgIpc) is 2.98. The summed E-state index contributed by atoms with van der Waals surface area (Å²) in [4.78, 5) is 4.63. The second kappa shape index (κ2) is 3.69. The third-order valence-electron chi connectivity index (χ3n) is 3.37. The van der Waals surface area contributed by atoms with Gasteiger partial charge in [-0.25, -0.2) is 4.98 Å². The molecule has 1 N–H and O–H groups in total. The first-order valence-corrected chi connectivity index (χ1v) is 6.15. The first-order valence-electron chi connectivity index (χ1n) is 6.15. The van der Waals surface area contributed by atoms with Crippen molar-refractivity contribution in [2.45, 2.75) is 39.5 Å². The highest BCUT2D eigenvalue weighted by Crippen LogP contribution is 2.38. The van der Waals surface area contributed by atoms with Crippen LogP contribution in [0.3, 0.4) is 0 Å². The minimum absolute atomic E-state index is 0.627. The van der Waals surface area contributed by atoms with Crippen LogP contribution in [0.5, 0.6) is 0 Å². The second-order valence-electron chi connectivity index (χ2n) is 5.09. The lowest BCUT2D eigenvalue weighted by Gasteiger charge is -2.07. The SMILES string of the molecule is Cc1cc(C)c(-c2n[nH]c(C3CC3)n2)c(C)c1. The molecule has 0 radical (unpaired) electrons. The van der Waals surface area contributed by atoms with E-state index >= 15 is 0 Å². The largest absolute Gasteiger partial charge is 0.262 e. The number of H-pyrrole nitrogens is 1. The number of nitrogens with zero attached hydrogens (tertiary/aromatic N) is 2. The first kappa shape index (κ1) is 10.5. The number of hydrogen-bond acceptors (Lipinski definition) is 2. The zero-order chi connectivity index (χ0) is 12.0. The predicted octanol–water partition coefficient (Wildman–Crippen LogP) is 3.27. The van der Waals surface area contributed by atoms with Crippen molar-refractivity contribution in [2.75, 3.05) is 0 Å². The molecule has 3 heteroatoms. The lowest BCUT2D eigenvalue weighted by Crippen LogP contribution is -1.92. The Morgan fingerprint density at radius 3 is 2.35 bits per heavy atom. The van der Waals surface area contributed by atoms with Crippen LogP contribution in [0, 0.1) is 20.8 Å². The highest BCUT2D eigenvalue weighted by Gasteiger charge is 2.27. The van der Waals surface area contributed by atoms with Crippen LogP contribution in [0.2, 0.25) is 0 Å². The van der Waals surface area contributed by atoms with Crippen molar-refractivity contribution in [3.8, 4) is 11.4 Å². The number of rotatable bonds is 2. The number of aromatic nitrogens is 3. The third kappa shape index (κ3) is 1.86. The standard InChI is InChI=1S/C14H17N3/c1-8-6-9(2)12(10(3)7-8)14-15-13(16-17-14)11-4-5-11/h6-7,11H,4-5H2,1-3H3,(H,15,16,17). The Morgan fingerprint density at radius 2 is 1.76 bits per heavy atom. The Balaban J connectivity index is 2.07. The number of hydrogen-bond donors (Lipinski definition) is 1. The zero-order valence-corrected chi connectivity index (χ0v) is 10.5. The molecule has 3 nitrogen and oxygen atoms in total. The Hall–Kier alpha value is -1.64. The molecule has 0 bridgehead atoms. The van der Waals surface area contributed by atoms with Crippen molar-refractivity contribution in [1.82, 2.24) is 15.2 Å². The van der Waals surface area contributed by atoms with E-state index in [1.165, 1.54) is 35.1 Å². The van der Waals surface area contributed by atoms with Gasteiger partial charge in [-0.2, -0.15) is 5.10 Å². The highest BCUT2D eigenvalue weighted by molar-refractivity contribution is 5.65. The normalized spacial score (nSPS) is 15.2. The van der Waals surface area contributed by atoms with Crippen molar-refractivity contribution in [2.24, 2.45) is 0 Å². The molecule has 1 aromatic carbocycles. The van der Waals surface area contributed by atoms with E-state index in [2.05, 4.69) is 48.1 Å². The van der Waals surface area contributed by atoms with E-state index in [-0.39, 0.29) is 0 Å². The van der Waals surface area contributed by atoms with Gasteiger partial charge in [0.25, 0.3) is 0 Å². The topological polar surface area (TPSA) is 41.6 Å². The molecule has 0 spiro atoms. The summed E-state index contributed by atoms with van der Waals surface area (Å²) in [5.74, 6) is 2.53. The van der Waals surface area contributed by atoms with Crippen LogP contribution < -0.4 is 0 Å². The molecular formula is C14H17N3. The smallest absolute Gasteiger partial charge is 0.181 e. The maximum atomic E-state index is 4.63. The molecule has 1 saturated carbocycles. The molecule has 0 aliphatic heterocycles. The first-order chi connectivity index (χ1) is 8.15. The van der Waals surface area contributed by atoms with Crippen LogP contribution >= 0.6 is 0 Å². The van der Waals surface area contributed by atoms with Gasteiger partial charge in [-0.05, 0) is 44.7 Å². The van der Waals surface area contributed by atoms with Crippen molar-refractivity contribution in [1.29, 1.82) is 0 Å². The highest BCUT2D eigenvalue weighted by atomic mass is 15.2. The number of nitrogens with one attached hydrogen (secondary N) is 1. The molecule has 1 fully saturated rings. The van der Waals surface area contributed by atoms with Crippen LogP contribution in [-0.2, 0) is 0 Å². The fourth-order valence-electron chi connectivity index (χ4n) is 2.46. The van der Waals surface area contributed by atoms with E-state index in [1.807, 2.05) is 0 Å². The molecule has 2 aromatic rings. The summed E-state index contributed by atoms with van der Waals surface area (Å²) in [5.41, 5.74) is 4.98. The summed E-state index contributed by atoms with van der Waals surface area (Å²) in [7, 11) is 0. The summed E-state index contributed by atoms with van der Waals surface area (Å²) in [6.45, 7) is 6.38. The zero-order valence-electron chi connectivity index (χ0n) is 10.5. The molecule has 1 heterocycles.